The van der Waals surface area contributed by atoms with Crippen LogP contribution in [0.15, 0.2) is 35.3 Å². The van der Waals surface area contributed by atoms with Gasteiger partial charge in [-0.2, -0.15) is 0 Å². The van der Waals surface area contributed by atoms with Gasteiger partial charge in [0.2, 0.25) is 0 Å². The first-order valence-corrected chi connectivity index (χ1v) is 10.0. The number of amides is 1. The highest BCUT2D eigenvalue weighted by molar-refractivity contribution is 5.95. The van der Waals surface area contributed by atoms with Crippen LogP contribution in [0.4, 0.5) is 0 Å². The maximum atomic E-state index is 13.2. The van der Waals surface area contributed by atoms with E-state index in [9.17, 15) is 9.59 Å². The Morgan fingerprint density at radius 3 is 2.43 bits per heavy atom. The monoisotopic (exact) mass is 414 g/mol. The Kier molecular flexibility index (Phi) is 6.51. The van der Waals surface area contributed by atoms with Crippen LogP contribution in [0, 0.1) is 6.92 Å². The molecule has 7 nitrogen and oxygen atoms in total. The molecule has 0 unspecified atom stereocenters. The van der Waals surface area contributed by atoms with Crippen LogP contribution < -0.4 is 15.0 Å². The minimum absolute atomic E-state index is 0.231. The highest BCUT2D eigenvalue weighted by Crippen LogP contribution is 2.41. The Morgan fingerprint density at radius 1 is 1.13 bits per heavy atom. The summed E-state index contributed by atoms with van der Waals surface area (Å²) in [5, 5.41) is 0. The van der Waals surface area contributed by atoms with Gasteiger partial charge in [0.05, 0.1) is 26.4 Å². The third-order valence-corrected chi connectivity index (χ3v) is 5.93. The second kappa shape index (κ2) is 8.92. The van der Waals surface area contributed by atoms with Crippen LogP contribution in [0.2, 0.25) is 0 Å². The highest BCUT2D eigenvalue weighted by atomic mass is 16.5. The number of aryl methyl sites for hydroxylation is 3. The second-order valence-electron chi connectivity index (χ2n) is 7.83. The van der Waals surface area contributed by atoms with E-state index in [2.05, 4.69) is 0 Å². The van der Waals surface area contributed by atoms with Crippen molar-refractivity contribution in [3.8, 4) is 11.5 Å². The first-order chi connectivity index (χ1) is 14.4. The molecule has 2 aromatic rings. The van der Waals surface area contributed by atoms with Crippen molar-refractivity contribution in [2.24, 2.45) is 0 Å². The lowest BCUT2D eigenvalue weighted by Crippen LogP contribution is -2.44. The molecule has 0 bridgehead atoms. The molecule has 1 aliphatic rings. The molecule has 1 heterocycles. The third kappa shape index (κ3) is 4.21. The molecule has 0 radical (unpaired) electrons. The summed E-state index contributed by atoms with van der Waals surface area (Å²) in [4.78, 5) is 28.0. The molecule has 1 aromatic heterocycles. The summed E-state index contributed by atoms with van der Waals surface area (Å²) < 4.78 is 17.5. The largest absolute Gasteiger partial charge is 0.493 e. The van der Waals surface area contributed by atoms with Gasteiger partial charge in [-0.15, -0.1) is 0 Å². The first kappa shape index (κ1) is 21.9. The lowest BCUT2D eigenvalue weighted by Gasteiger charge is -2.28. The van der Waals surface area contributed by atoms with E-state index in [1.165, 1.54) is 0 Å². The summed E-state index contributed by atoms with van der Waals surface area (Å²) in [7, 11) is 6.58. The molecule has 0 aliphatic heterocycles. The van der Waals surface area contributed by atoms with E-state index < -0.39 is 0 Å². The van der Waals surface area contributed by atoms with E-state index >= 15 is 0 Å². The number of likely N-dealkylation sites (N-methyl/N-ethyl adjacent to an activating group) is 1. The average molecular weight is 415 g/mol. The van der Waals surface area contributed by atoms with Crippen molar-refractivity contribution in [2.75, 3.05) is 35.0 Å². The molecule has 0 spiro atoms. The van der Waals surface area contributed by atoms with Crippen LogP contribution in [0.25, 0.3) is 0 Å². The topological polar surface area (TPSA) is 70.0 Å². The van der Waals surface area contributed by atoms with Crippen LogP contribution in [-0.4, -0.2) is 55.9 Å². The Balaban J connectivity index is 1.81. The van der Waals surface area contributed by atoms with Gasteiger partial charge in [-0.05, 0) is 55.5 Å². The van der Waals surface area contributed by atoms with E-state index in [-0.39, 0.29) is 22.6 Å². The number of rotatable bonds is 9. The molecule has 0 saturated heterocycles. The smallest absolute Gasteiger partial charge is 0.263 e. The normalized spacial score (nSPS) is 14.3. The number of aromatic nitrogens is 1. The van der Waals surface area contributed by atoms with Crippen molar-refractivity contribution in [1.29, 1.82) is 0 Å². The fourth-order valence-corrected chi connectivity index (χ4v) is 3.76. The number of carbonyl (C=O) groups is 1. The molecule has 1 fully saturated rings. The van der Waals surface area contributed by atoms with Crippen molar-refractivity contribution in [3.63, 3.8) is 0 Å². The van der Waals surface area contributed by atoms with E-state index in [4.69, 9.17) is 14.2 Å². The van der Waals surface area contributed by atoms with Crippen molar-refractivity contribution < 1.29 is 19.0 Å². The Labute approximate surface area is 177 Å². The summed E-state index contributed by atoms with van der Waals surface area (Å²) in [6, 6.07) is 7.52. The second-order valence-corrected chi connectivity index (χ2v) is 7.83. The molecule has 3 rings (SSSR count). The Hall–Kier alpha value is -2.80. The van der Waals surface area contributed by atoms with Gasteiger partial charge in [-0.1, -0.05) is 6.07 Å². The lowest BCUT2D eigenvalue weighted by atomic mass is 10.1. The number of nitrogens with zero attached hydrogens (tertiary/aromatic N) is 2. The molecule has 162 valence electrons. The predicted molar refractivity (Wildman–Crippen MR) is 115 cm³/mol. The SMILES string of the molecule is COCC1(N(C)C(=O)c2c(C)ccn(CCc3ccc(OC)c(OC)c3)c2=O)CC1. The standard InChI is InChI=1S/C23H30N2O5/c1-16-8-12-25(13-9-17-6-7-18(29-4)19(14-17)30-5)22(27)20(16)21(26)24(2)23(10-11-23)15-28-3/h6-8,12,14H,9-11,13,15H2,1-5H3. The van der Waals surface area contributed by atoms with E-state index in [0.29, 0.717) is 36.6 Å². The summed E-state index contributed by atoms with van der Waals surface area (Å²) >= 11 is 0. The van der Waals surface area contributed by atoms with E-state index in [1.54, 1.807) is 51.0 Å². The molecule has 0 atom stereocenters. The lowest BCUT2D eigenvalue weighted by molar-refractivity contribution is 0.0548. The van der Waals surface area contributed by atoms with Crippen LogP contribution in [0.5, 0.6) is 11.5 Å². The maximum absolute atomic E-state index is 13.2. The average Bonchev–Trinajstić information content (AvgIpc) is 3.53. The number of pyridine rings is 1. The zero-order valence-corrected chi connectivity index (χ0v) is 18.4. The number of ether oxygens (including phenoxy) is 3. The predicted octanol–water partition coefficient (Wildman–Crippen LogP) is 2.67. The molecule has 1 amide bonds. The van der Waals surface area contributed by atoms with Gasteiger partial charge in [0, 0.05) is 26.9 Å². The van der Waals surface area contributed by atoms with Gasteiger partial charge in [0.25, 0.3) is 11.5 Å². The number of hydrogen-bond donors (Lipinski definition) is 0. The summed E-state index contributed by atoms with van der Waals surface area (Å²) in [6.45, 7) is 2.74. The number of carbonyl (C=O) groups excluding carboxylic acids is 1. The summed E-state index contributed by atoms with van der Waals surface area (Å²) in [6.07, 6.45) is 4.16. The third-order valence-electron chi connectivity index (χ3n) is 5.93. The number of benzene rings is 1. The Bertz CT molecular complexity index is 978. The summed E-state index contributed by atoms with van der Waals surface area (Å²) in [5.74, 6) is 1.07. The quantitative estimate of drug-likeness (QED) is 0.631. The van der Waals surface area contributed by atoms with Gasteiger partial charge in [0.1, 0.15) is 5.56 Å². The van der Waals surface area contributed by atoms with Crippen LogP contribution in [-0.2, 0) is 17.7 Å². The van der Waals surface area contributed by atoms with Crippen molar-refractivity contribution in [1.82, 2.24) is 9.47 Å². The van der Waals surface area contributed by atoms with Gasteiger partial charge in [-0.3, -0.25) is 9.59 Å². The number of methoxy groups -OCH3 is 3. The maximum Gasteiger partial charge on any atom is 0.263 e. The molecule has 1 saturated carbocycles. The van der Waals surface area contributed by atoms with Crippen LogP contribution in [0.3, 0.4) is 0 Å². The van der Waals surface area contributed by atoms with Gasteiger partial charge in [0.15, 0.2) is 11.5 Å². The van der Waals surface area contributed by atoms with E-state index in [1.807, 2.05) is 24.3 Å². The van der Waals surface area contributed by atoms with Gasteiger partial charge in [-0.25, -0.2) is 0 Å². The number of hydrogen-bond acceptors (Lipinski definition) is 5. The fraction of sp³-hybridized carbons (Fsp3) is 0.478. The van der Waals surface area contributed by atoms with E-state index in [0.717, 1.165) is 18.4 Å². The first-order valence-electron chi connectivity index (χ1n) is 10.0. The zero-order chi connectivity index (χ0) is 21.9. The fourth-order valence-electron chi connectivity index (χ4n) is 3.76. The van der Waals surface area contributed by atoms with Crippen molar-refractivity contribution >= 4 is 5.91 Å². The molecule has 30 heavy (non-hydrogen) atoms. The Morgan fingerprint density at radius 2 is 1.83 bits per heavy atom. The summed E-state index contributed by atoms with van der Waals surface area (Å²) in [5.41, 5.74) is 1.38. The molecular formula is C23H30N2O5. The van der Waals surface area contributed by atoms with Crippen molar-refractivity contribution in [3.05, 3.63) is 57.5 Å². The van der Waals surface area contributed by atoms with Crippen LogP contribution in [0.1, 0.15) is 34.3 Å². The zero-order valence-electron chi connectivity index (χ0n) is 18.4. The van der Waals surface area contributed by atoms with Crippen LogP contribution >= 0.6 is 0 Å². The minimum Gasteiger partial charge on any atom is -0.493 e. The van der Waals surface area contributed by atoms with Gasteiger partial charge < -0.3 is 23.7 Å². The molecule has 7 heteroatoms. The van der Waals surface area contributed by atoms with Crippen molar-refractivity contribution in [2.45, 2.75) is 38.3 Å². The molecule has 0 N–H and O–H groups in total. The van der Waals surface area contributed by atoms with Gasteiger partial charge >= 0.3 is 0 Å². The highest BCUT2D eigenvalue weighted by Gasteiger charge is 2.49. The molecule has 1 aliphatic carbocycles. The minimum atomic E-state index is -0.287. The molecular weight excluding hydrogens is 384 g/mol. The molecule has 1 aromatic carbocycles.